The van der Waals surface area contributed by atoms with Crippen LogP contribution in [0.3, 0.4) is 0 Å². The van der Waals surface area contributed by atoms with Gasteiger partial charge in [-0.3, -0.25) is 4.79 Å². The third-order valence-corrected chi connectivity index (χ3v) is 2.89. The molecule has 2 nitrogen and oxygen atoms in total. The highest BCUT2D eigenvalue weighted by Crippen LogP contribution is 2.25. The molecule has 0 aliphatic carbocycles. The van der Waals surface area contributed by atoms with Crippen molar-refractivity contribution in [2.24, 2.45) is 0 Å². The lowest BCUT2D eigenvalue weighted by Gasteiger charge is -2.24. The molecule has 1 amide bonds. The normalized spacial score (nSPS) is 21.8. The van der Waals surface area contributed by atoms with Crippen LogP contribution >= 0.6 is 0 Å². The predicted octanol–water partition coefficient (Wildman–Crippen LogP) is 1.99. The van der Waals surface area contributed by atoms with Crippen molar-refractivity contribution in [3.63, 3.8) is 0 Å². The van der Waals surface area contributed by atoms with Crippen molar-refractivity contribution in [3.05, 3.63) is 35.4 Å². The summed E-state index contributed by atoms with van der Waals surface area (Å²) in [5.41, 5.74) is 2.71. The fraction of sp³-hybridized carbons (Fsp3) is 0.417. The topological polar surface area (TPSA) is 29.1 Å². The number of hydrogen-bond donors (Lipinski definition) is 1. The Kier molecular flexibility index (Phi) is 2.53. The van der Waals surface area contributed by atoms with Gasteiger partial charge >= 0.3 is 0 Å². The summed E-state index contributed by atoms with van der Waals surface area (Å²) in [5.74, 6) is 0.698. The predicted molar refractivity (Wildman–Crippen MR) is 56.2 cm³/mol. The number of aryl methyl sites for hydroxylation is 1. The van der Waals surface area contributed by atoms with Crippen molar-refractivity contribution in [3.8, 4) is 0 Å². The summed E-state index contributed by atoms with van der Waals surface area (Å²) in [6.07, 6.45) is 1.65. The van der Waals surface area contributed by atoms with Crippen LogP contribution in [-0.2, 0) is 4.79 Å². The van der Waals surface area contributed by atoms with E-state index in [4.69, 9.17) is 0 Å². The molecule has 1 aromatic rings. The van der Waals surface area contributed by atoms with Crippen LogP contribution in [0.1, 0.15) is 29.9 Å². The van der Waals surface area contributed by atoms with Gasteiger partial charge in [-0.05, 0) is 24.5 Å². The van der Waals surface area contributed by atoms with Crippen LogP contribution in [0.4, 0.5) is 0 Å². The Balaban J connectivity index is 2.16. The Labute approximate surface area is 84.3 Å². The number of amides is 1. The third-order valence-electron chi connectivity index (χ3n) is 2.89. The van der Waals surface area contributed by atoms with Crippen molar-refractivity contribution < 1.29 is 4.79 Å². The first-order valence-corrected chi connectivity index (χ1v) is 5.09. The summed E-state index contributed by atoms with van der Waals surface area (Å²) < 4.78 is 0. The summed E-state index contributed by atoms with van der Waals surface area (Å²) in [6, 6.07) is 8.42. The Morgan fingerprint density at radius 1 is 1.36 bits per heavy atom. The molecular formula is C12H15NO. The molecule has 1 N–H and O–H groups in total. The van der Waals surface area contributed by atoms with E-state index in [0.29, 0.717) is 12.3 Å². The van der Waals surface area contributed by atoms with Crippen LogP contribution in [0.2, 0.25) is 0 Å². The molecule has 14 heavy (non-hydrogen) atoms. The highest BCUT2D eigenvalue weighted by atomic mass is 16.1. The molecule has 1 unspecified atom stereocenters. The minimum Gasteiger partial charge on any atom is -0.355 e. The second-order valence-electron chi connectivity index (χ2n) is 3.90. The molecule has 0 saturated carbocycles. The Hall–Kier alpha value is -1.31. The Morgan fingerprint density at radius 2 is 2.14 bits per heavy atom. The number of rotatable bonds is 1. The first-order valence-electron chi connectivity index (χ1n) is 5.09. The van der Waals surface area contributed by atoms with Crippen molar-refractivity contribution in [1.82, 2.24) is 5.32 Å². The minimum absolute atomic E-state index is 0.190. The zero-order valence-corrected chi connectivity index (χ0v) is 8.42. The molecule has 1 aliphatic heterocycles. The number of hydrogen-bond acceptors (Lipinski definition) is 1. The molecule has 0 aromatic heterocycles. The average Bonchev–Trinajstić information content (AvgIpc) is 2.20. The zero-order valence-electron chi connectivity index (χ0n) is 8.42. The van der Waals surface area contributed by atoms with E-state index >= 15 is 0 Å². The maximum absolute atomic E-state index is 11.0. The molecule has 2 rings (SSSR count). The van der Waals surface area contributed by atoms with Crippen molar-refractivity contribution in [2.75, 3.05) is 6.54 Å². The third kappa shape index (κ3) is 1.79. The number of carbonyl (C=O) groups excluding carboxylic acids is 1. The lowest BCUT2D eigenvalue weighted by Crippen LogP contribution is -2.33. The zero-order chi connectivity index (χ0) is 9.97. The molecule has 1 aliphatic rings. The van der Waals surface area contributed by atoms with Crippen molar-refractivity contribution >= 4 is 5.91 Å². The van der Waals surface area contributed by atoms with Crippen LogP contribution in [-0.4, -0.2) is 12.5 Å². The molecule has 1 atom stereocenters. The summed E-state index contributed by atoms with van der Waals surface area (Å²) in [6.45, 7) is 2.93. The summed E-state index contributed by atoms with van der Waals surface area (Å²) in [7, 11) is 0. The minimum atomic E-state index is 0.190. The van der Waals surface area contributed by atoms with Gasteiger partial charge in [0.05, 0.1) is 0 Å². The van der Waals surface area contributed by atoms with E-state index in [9.17, 15) is 4.79 Å². The molecule has 2 heteroatoms. The van der Waals surface area contributed by atoms with Crippen LogP contribution in [0.15, 0.2) is 24.3 Å². The van der Waals surface area contributed by atoms with E-state index in [0.717, 1.165) is 13.0 Å². The monoisotopic (exact) mass is 189 g/mol. The Bertz CT molecular complexity index is 336. The van der Waals surface area contributed by atoms with Gasteiger partial charge in [0.1, 0.15) is 0 Å². The lowest BCUT2D eigenvalue weighted by molar-refractivity contribution is -0.122. The van der Waals surface area contributed by atoms with E-state index in [1.165, 1.54) is 11.1 Å². The molecule has 0 bridgehead atoms. The first-order chi connectivity index (χ1) is 6.77. The average molecular weight is 189 g/mol. The summed E-state index contributed by atoms with van der Waals surface area (Å²) >= 11 is 0. The van der Waals surface area contributed by atoms with Gasteiger partial charge in [0, 0.05) is 18.9 Å². The van der Waals surface area contributed by atoms with E-state index in [-0.39, 0.29) is 5.91 Å². The summed E-state index contributed by atoms with van der Waals surface area (Å²) in [5, 5.41) is 2.92. The van der Waals surface area contributed by atoms with Crippen molar-refractivity contribution in [1.29, 1.82) is 0 Å². The number of nitrogens with one attached hydrogen (secondary N) is 1. The van der Waals surface area contributed by atoms with Crippen LogP contribution in [0.25, 0.3) is 0 Å². The van der Waals surface area contributed by atoms with Crippen LogP contribution < -0.4 is 5.32 Å². The van der Waals surface area contributed by atoms with Crippen LogP contribution in [0.5, 0.6) is 0 Å². The van der Waals surface area contributed by atoms with E-state index in [1.54, 1.807) is 0 Å². The van der Waals surface area contributed by atoms with Gasteiger partial charge in [0.2, 0.25) is 5.91 Å². The molecule has 0 spiro atoms. The van der Waals surface area contributed by atoms with Crippen LogP contribution in [0, 0.1) is 6.92 Å². The second-order valence-corrected chi connectivity index (χ2v) is 3.90. The molecule has 0 radical (unpaired) electrons. The first kappa shape index (κ1) is 9.25. The fourth-order valence-corrected chi connectivity index (χ4v) is 2.04. The van der Waals surface area contributed by atoms with Gasteiger partial charge in [0.15, 0.2) is 0 Å². The van der Waals surface area contributed by atoms with E-state index in [2.05, 4.69) is 36.5 Å². The SMILES string of the molecule is Cc1ccccc1C1CCC(=O)NC1. The summed E-state index contributed by atoms with van der Waals surface area (Å²) in [4.78, 5) is 11.0. The molecule has 1 fully saturated rings. The molecule has 1 saturated heterocycles. The van der Waals surface area contributed by atoms with Crippen molar-refractivity contribution in [2.45, 2.75) is 25.7 Å². The standard InChI is InChI=1S/C12H15NO/c1-9-4-2-3-5-11(9)10-6-7-12(14)13-8-10/h2-5,10H,6-8H2,1H3,(H,13,14). The van der Waals surface area contributed by atoms with Gasteiger partial charge in [0.25, 0.3) is 0 Å². The Morgan fingerprint density at radius 3 is 2.79 bits per heavy atom. The van der Waals surface area contributed by atoms with Gasteiger partial charge in [-0.2, -0.15) is 0 Å². The van der Waals surface area contributed by atoms with Gasteiger partial charge in [-0.1, -0.05) is 24.3 Å². The second kappa shape index (κ2) is 3.82. The number of carbonyl (C=O) groups is 1. The highest BCUT2D eigenvalue weighted by Gasteiger charge is 2.20. The van der Waals surface area contributed by atoms with Gasteiger partial charge in [-0.25, -0.2) is 0 Å². The molecule has 1 aromatic carbocycles. The van der Waals surface area contributed by atoms with E-state index in [1.807, 2.05) is 0 Å². The smallest absolute Gasteiger partial charge is 0.220 e. The highest BCUT2D eigenvalue weighted by molar-refractivity contribution is 5.76. The maximum atomic E-state index is 11.0. The number of piperidine rings is 1. The maximum Gasteiger partial charge on any atom is 0.220 e. The molecular weight excluding hydrogens is 174 g/mol. The lowest BCUT2D eigenvalue weighted by atomic mass is 9.89. The number of benzene rings is 1. The molecule has 1 heterocycles. The molecule has 74 valence electrons. The fourth-order valence-electron chi connectivity index (χ4n) is 2.04. The van der Waals surface area contributed by atoms with Gasteiger partial charge < -0.3 is 5.32 Å². The van der Waals surface area contributed by atoms with E-state index < -0.39 is 0 Å². The quantitative estimate of drug-likeness (QED) is 0.719. The largest absolute Gasteiger partial charge is 0.355 e. The van der Waals surface area contributed by atoms with Gasteiger partial charge in [-0.15, -0.1) is 0 Å².